The van der Waals surface area contributed by atoms with Crippen molar-refractivity contribution >= 4 is 5.82 Å². The van der Waals surface area contributed by atoms with Gasteiger partial charge in [-0.15, -0.1) is 12.3 Å². The van der Waals surface area contributed by atoms with Crippen LogP contribution in [0.3, 0.4) is 0 Å². The maximum Gasteiger partial charge on any atom is 0.318 e. The largest absolute Gasteiger partial charge is 0.463 e. The smallest absolute Gasteiger partial charge is 0.318 e. The van der Waals surface area contributed by atoms with Gasteiger partial charge < -0.3 is 9.64 Å². The van der Waals surface area contributed by atoms with Crippen LogP contribution < -0.4 is 9.64 Å². The Kier molecular flexibility index (Phi) is 10.1. The second-order valence-electron chi connectivity index (χ2n) is 7.19. The molecule has 146 valence electrons. The fraction of sp³-hybridized carbons (Fsp3) is 0.727. The van der Waals surface area contributed by atoms with Crippen molar-refractivity contribution < 1.29 is 4.74 Å². The molecule has 0 amide bonds. The minimum Gasteiger partial charge on any atom is -0.463 e. The Balaban J connectivity index is 2.94. The molecule has 4 heteroatoms. The van der Waals surface area contributed by atoms with Crippen LogP contribution in [-0.4, -0.2) is 29.7 Å². The van der Waals surface area contributed by atoms with Crippen LogP contribution in [0.1, 0.15) is 71.6 Å². The number of hydrogen-bond acceptors (Lipinski definition) is 4. The van der Waals surface area contributed by atoms with Crippen molar-refractivity contribution in [3.8, 4) is 18.4 Å². The normalized spacial score (nSPS) is 13.1. The predicted molar refractivity (Wildman–Crippen MR) is 111 cm³/mol. The molecule has 0 bridgehead atoms. The van der Waals surface area contributed by atoms with Gasteiger partial charge in [-0.05, 0) is 38.5 Å². The quantitative estimate of drug-likeness (QED) is 0.387. The summed E-state index contributed by atoms with van der Waals surface area (Å²) in [4.78, 5) is 11.7. The summed E-state index contributed by atoms with van der Waals surface area (Å²) in [6.45, 7) is 15.6. The zero-order valence-electron chi connectivity index (χ0n) is 17.6. The summed E-state index contributed by atoms with van der Waals surface area (Å²) in [6.07, 6.45) is 10.5. The molecule has 2 atom stereocenters. The number of aromatic nitrogens is 2. The van der Waals surface area contributed by atoms with E-state index in [-0.39, 0.29) is 0 Å². The van der Waals surface area contributed by atoms with Crippen LogP contribution in [0, 0.1) is 31.1 Å². The Morgan fingerprint density at radius 1 is 1.15 bits per heavy atom. The molecule has 4 nitrogen and oxygen atoms in total. The number of hydrogen-bond donors (Lipinski definition) is 0. The summed E-state index contributed by atoms with van der Waals surface area (Å²) in [5.74, 6) is 4.86. The fourth-order valence-electron chi connectivity index (χ4n) is 3.19. The molecule has 0 saturated carbocycles. The van der Waals surface area contributed by atoms with Gasteiger partial charge in [0.25, 0.3) is 0 Å². The summed E-state index contributed by atoms with van der Waals surface area (Å²) in [7, 11) is 0. The monoisotopic (exact) mass is 359 g/mol. The number of aryl methyl sites for hydroxylation is 1. The van der Waals surface area contributed by atoms with Gasteiger partial charge in [0.15, 0.2) is 0 Å². The summed E-state index contributed by atoms with van der Waals surface area (Å²) in [5, 5.41) is 0. The minimum absolute atomic E-state index is 0.492. The lowest BCUT2D eigenvalue weighted by molar-refractivity contribution is 0.196. The van der Waals surface area contributed by atoms with E-state index in [1.807, 2.05) is 0 Å². The lowest BCUT2D eigenvalue weighted by Crippen LogP contribution is -2.27. The molecule has 0 aliphatic carbocycles. The highest BCUT2D eigenvalue weighted by molar-refractivity contribution is 5.49. The van der Waals surface area contributed by atoms with E-state index in [4.69, 9.17) is 16.1 Å². The van der Waals surface area contributed by atoms with Crippen molar-refractivity contribution in [1.29, 1.82) is 0 Å². The summed E-state index contributed by atoms with van der Waals surface area (Å²) >= 11 is 0. The average Bonchev–Trinajstić information content (AvgIpc) is 2.63. The molecule has 0 aliphatic rings. The van der Waals surface area contributed by atoms with Crippen molar-refractivity contribution in [2.75, 3.05) is 24.6 Å². The van der Waals surface area contributed by atoms with Crippen LogP contribution in [0.5, 0.6) is 6.01 Å². The van der Waals surface area contributed by atoms with E-state index in [1.54, 1.807) is 0 Å². The van der Waals surface area contributed by atoms with Crippen molar-refractivity contribution in [2.45, 2.75) is 73.6 Å². The van der Waals surface area contributed by atoms with Gasteiger partial charge in [-0.3, -0.25) is 0 Å². The molecular formula is C22H37N3O. The number of terminal acetylenes is 1. The SMILES string of the molecule is C#CCCCN(CC)c1nc(OC[C@H](C)C(C)CCC)nc(C)c1CC. The highest BCUT2D eigenvalue weighted by atomic mass is 16.5. The molecular weight excluding hydrogens is 322 g/mol. The fourth-order valence-corrected chi connectivity index (χ4v) is 3.19. The van der Waals surface area contributed by atoms with Crippen LogP contribution in [0.4, 0.5) is 5.82 Å². The van der Waals surface area contributed by atoms with Gasteiger partial charge in [0, 0.05) is 30.8 Å². The van der Waals surface area contributed by atoms with E-state index in [2.05, 4.69) is 57.3 Å². The van der Waals surface area contributed by atoms with E-state index < -0.39 is 0 Å². The third-order valence-corrected chi connectivity index (χ3v) is 5.15. The number of anilines is 1. The zero-order valence-corrected chi connectivity index (χ0v) is 17.6. The summed E-state index contributed by atoms with van der Waals surface area (Å²) in [6, 6.07) is 0.501. The molecule has 0 radical (unpaired) electrons. The lowest BCUT2D eigenvalue weighted by Gasteiger charge is -2.25. The van der Waals surface area contributed by atoms with E-state index >= 15 is 0 Å². The van der Waals surface area contributed by atoms with Crippen molar-refractivity contribution in [2.24, 2.45) is 11.8 Å². The standard InChI is InChI=1S/C22H37N3O/c1-8-12-13-15-25(11-4)21-20(10-3)19(7)23-22(24-21)26-16-18(6)17(5)14-9-2/h1,17-18H,9-16H2,2-7H3/t17?,18-/m0/s1. The number of ether oxygens (including phenoxy) is 1. The van der Waals surface area contributed by atoms with Crippen LogP contribution >= 0.6 is 0 Å². The number of unbranched alkanes of at least 4 members (excludes halogenated alkanes) is 1. The maximum atomic E-state index is 6.00. The lowest BCUT2D eigenvalue weighted by atomic mass is 9.93. The predicted octanol–water partition coefficient (Wildman–Crippen LogP) is 5.04. The maximum absolute atomic E-state index is 6.00. The van der Waals surface area contributed by atoms with Gasteiger partial charge in [0.05, 0.1) is 6.61 Å². The van der Waals surface area contributed by atoms with Gasteiger partial charge in [-0.2, -0.15) is 4.98 Å². The topological polar surface area (TPSA) is 38.2 Å². The first kappa shape index (κ1) is 22.3. The van der Waals surface area contributed by atoms with E-state index in [9.17, 15) is 0 Å². The van der Waals surface area contributed by atoms with Gasteiger partial charge in [-0.1, -0.05) is 40.5 Å². The number of nitrogens with zero attached hydrogens (tertiary/aromatic N) is 3. The molecule has 1 aromatic rings. The third kappa shape index (κ3) is 6.52. The minimum atomic E-state index is 0.492. The van der Waals surface area contributed by atoms with Crippen LogP contribution in [-0.2, 0) is 6.42 Å². The Hall–Kier alpha value is -1.76. The molecule has 1 unspecified atom stereocenters. The van der Waals surface area contributed by atoms with Crippen LogP contribution in [0.15, 0.2) is 0 Å². The van der Waals surface area contributed by atoms with Crippen molar-refractivity contribution in [3.05, 3.63) is 11.3 Å². The molecule has 0 aromatic carbocycles. The Morgan fingerprint density at radius 3 is 2.46 bits per heavy atom. The zero-order chi connectivity index (χ0) is 19.5. The van der Waals surface area contributed by atoms with Crippen molar-refractivity contribution in [1.82, 2.24) is 9.97 Å². The Morgan fingerprint density at radius 2 is 1.88 bits per heavy atom. The first-order chi connectivity index (χ1) is 12.5. The van der Waals surface area contributed by atoms with Gasteiger partial charge in [0.2, 0.25) is 0 Å². The molecule has 26 heavy (non-hydrogen) atoms. The van der Waals surface area contributed by atoms with Gasteiger partial charge in [0.1, 0.15) is 5.82 Å². The molecule has 0 aliphatic heterocycles. The van der Waals surface area contributed by atoms with E-state index in [0.717, 1.165) is 43.9 Å². The van der Waals surface area contributed by atoms with E-state index in [0.29, 0.717) is 24.5 Å². The summed E-state index contributed by atoms with van der Waals surface area (Å²) in [5.41, 5.74) is 2.21. The molecule has 0 saturated heterocycles. The van der Waals surface area contributed by atoms with Crippen molar-refractivity contribution in [3.63, 3.8) is 0 Å². The van der Waals surface area contributed by atoms with Crippen LogP contribution in [0.25, 0.3) is 0 Å². The second kappa shape index (κ2) is 11.8. The molecule has 0 fully saturated rings. The molecule has 0 N–H and O–H groups in total. The third-order valence-electron chi connectivity index (χ3n) is 5.15. The summed E-state index contributed by atoms with van der Waals surface area (Å²) < 4.78 is 6.00. The highest BCUT2D eigenvalue weighted by Crippen LogP contribution is 2.25. The van der Waals surface area contributed by atoms with Gasteiger partial charge in [-0.25, -0.2) is 4.98 Å². The van der Waals surface area contributed by atoms with Crippen LogP contribution in [0.2, 0.25) is 0 Å². The molecule has 1 heterocycles. The highest BCUT2D eigenvalue weighted by Gasteiger charge is 2.18. The molecule has 1 rings (SSSR count). The Bertz CT molecular complexity index is 579. The molecule has 1 aromatic heterocycles. The van der Waals surface area contributed by atoms with E-state index in [1.165, 1.54) is 18.4 Å². The second-order valence-corrected chi connectivity index (χ2v) is 7.19. The Labute approximate surface area is 160 Å². The first-order valence-corrected chi connectivity index (χ1v) is 10.2. The van der Waals surface area contributed by atoms with Gasteiger partial charge >= 0.3 is 6.01 Å². The number of rotatable bonds is 12. The molecule has 0 spiro atoms. The first-order valence-electron chi connectivity index (χ1n) is 10.2. The average molecular weight is 360 g/mol.